The Morgan fingerprint density at radius 2 is 2.07 bits per heavy atom. The molecule has 0 bridgehead atoms. The molecule has 2 nitrogen and oxygen atoms in total. The van der Waals surface area contributed by atoms with Crippen LogP contribution < -0.4 is 4.90 Å². The van der Waals surface area contributed by atoms with Gasteiger partial charge in [-0.05, 0) is 32.0 Å². The van der Waals surface area contributed by atoms with Crippen molar-refractivity contribution in [1.82, 2.24) is 0 Å². The largest absolute Gasteiger partial charge is 0.389 e. The van der Waals surface area contributed by atoms with E-state index in [0.29, 0.717) is 17.3 Å². The van der Waals surface area contributed by atoms with Crippen LogP contribution in [-0.4, -0.2) is 24.3 Å². The molecule has 0 fully saturated rings. The van der Waals surface area contributed by atoms with E-state index < -0.39 is 5.60 Å². The highest BCUT2D eigenvalue weighted by Gasteiger charge is 2.18. The molecule has 1 N–H and O–H groups in total. The van der Waals surface area contributed by atoms with Gasteiger partial charge in [-0.3, -0.25) is 0 Å². The van der Waals surface area contributed by atoms with Crippen LogP contribution in [0.5, 0.6) is 0 Å². The molecule has 0 aliphatic carbocycles. The molecule has 15 heavy (non-hydrogen) atoms. The summed E-state index contributed by atoms with van der Waals surface area (Å²) in [6.07, 6.45) is 0. The molecule has 0 aromatic heterocycles. The first kappa shape index (κ1) is 12.3. The van der Waals surface area contributed by atoms with Crippen molar-refractivity contribution in [2.75, 3.05) is 18.5 Å². The third-order valence-electron chi connectivity index (χ3n) is 1.94. The lowest BCUT2D eigenvalue weighted by Crippen LogP contribution is -2.36. The van der Waals surface area contributed by atoms with Crippen molar-refractivity contribution >= 4 is 17.3 Å². The van der Waals surface area contributed by atoms with Crippen LogP contribution in [0.4, 0.5) is 10.1 Å². The van der Waals surface area contributed by atoms with Gasteiger partial charge in [0.25, 0.3) is 0 Å². The topological polar surface area (TPSA) is 23.5 Å². The van der Waals surface area contributed by atoms with E-state index in [1.54, 1.807) is 31.9 Å². The fraction of sp³-hybridized carbons (Fsp3) is 0.455. The highest BCUT2D eigenvalue weighted by atomic mass is 35.5. The molecule has 0 atom stereocenters. The van der Waals surface area contributed by atoms with E-state index in [9.17, 15) is 9.50 Å². The summed E-state index contributed by atoms with van der Waals surface area (Å²) >= 11 is 5.78. The molecule has 0 amide bonds. The molecule has 0 saturated heterocycles. The van der Waals surface area contributed by atoms with Crippen molar-refractivity contribution < 1.29 is 9.50 Å². The summed E-state index contributed by atoms with van der Waals surface area (Å²) in [6, 6.07) is 4.36. The van der Waals surface area contributed by atoms with Crippen molar-refractivity contribution in [3.8, 4) is 0 Å². The molecule has 0 unspecified atom stereocenters. The van der Waals surface area contributed by atoms with Gasteiger partial charge in [0.05, 0.1) is 11.3 Å². The van der Waals surface area contributed by atoms with E-state index in [2.05, 4.69) is 0 Å². The van der Waals surface area contributed by atoms with E-state index >= 15 is 0 Å². The number of hydrogen-bond acceptors (Lipinski definition) is 2. The van der Waals surface area contributed by atoms with Crippen molar-refractivity contribution in [2.24, 2.45) is 0 Å². The van der Waals surface area contributed by atoms with Crippen LogP contribution in [0, 0.1) is 5.82 Å². The molecule has 4 heteroatoms. The number of benzene rings is 1. The second kappa shape index (κ2) is 4.37. The maximum absolute atomic E-state index is 13.4. The third kappa shape index (κ3) is 3.68. The molecule has 0 aliphatic rings. The molecular weight excluding hydrogens is 217 g/mol. The van der Waals surface area contributed by atoms with Gasteiger partial charge < -0.3 is 10.0 Å². The number of nitrogens with zero attached hydrogens (tertiary/aromatic N) is 1. The van der Waals surface area contributed by atoms with E-state index in [4.69, 9.17) is 11.6 Å². The van der Waals surface area contributed by atoms with Gasteiger partial charge in [-0.2, -0.15) is 0 Å². The van der Waals surface area contributed by atoms with Crippen LogP contribution in [-0.2, 0) is 0 Å². The Hall–Kier alpha value is -0.800. The normalized spacial score (nSPS) is 11.6. The Morgan fingerprint density at radius 1 is 1.47 bits per heavy atom. The molecular formula is C11H15ClFNO. The third-order valence-corrected chi connectivity index (χ3v) is 2.18. The molecule has 1 aromatic carbocycles. The first-order chi connectivity index (χ1) is 6.79. The number of halogens is 2. The minimum Gasteiger partial charge on any atom is -0.389 e. The number of likely N-dealkylation sites (N-methyl/N-ethyl adjacent to an activating group) is 1. The van der Waals surface area contributed by atoms with Crippen molar-refractivity contribution in [3.05, 3.63) is 29.0 Å². The fourth-order valence-corrected chi connectivity index (χ4v) is 1.61. The zero-order chi connectivity index (χ0) is 11.6. The highest BCUT2D eigenvalue weighted by molar-refractivity contribution is 6.30. The fourth-order valence-electron chi connectivity index (χ4n) is 1.44. The summed E-state index contributed by atoms with van der Waals surface area (Å²) in [5.41, 5.74) is -0.478. The van der Waals surface area contributed by atoms with Crippen LogP contribution >= 0.6 is 11.6 Å². The lowest BCUT2D eigenvalue weighted by atomic mass is 10.1. The van der Waals surface area contributed by atoms with Crippen LogP contribution in [0.2, 0.25) is 5.02 Å². The van der Waals surface area contributed by atoms with Gasteiger partial charge in [0, 0.05) is 18.6 Å². The van der Waals surface area contributed by atoms with Gasteiger partial charge in [0.1, 0.15) is 5.82 Å². The summed E-state index contributed by atoms with van der Waals surface area (Å²) in [5.74, 6) is -0.342. The average molecular weight is 232 g/mol. The number of hydrogen-bond donors (Lipinski definition) is 1. The second-order valence-corrected chi connectivity index (χ2v) is 4.70. The van der Waals surface area contributed by atoms with Crippen molar-refractivity contribution in [2.45, 2.75) is 19.4 Å². The van der Waals surface area contributed by atoms with Crippen LogP contribution in [0.1, 0.15) is 13.8 Å². The SMILES string of the molecule is CN(CC(C)(C)O)c1cc(Cl)ccc1F. The monoisotopic (exact) mass is 231 g/mol. The Morgan fingerprint density at radius 3 is 2.60 bits per heavy atom. The lowest BCUT2D eigenvalue weighted by molar-refractivity contribution is 0.0885. The average Bonchev–Trinajstić information content (AvgIpc) is 2.06. The quantitative estimate of drug-likeness (QED) is 0.865. The number of rotatable bonds is 3. The molecule has 1 rings (SSSR count). The molecule has 1 aromatic rings. The van der Waals surface area contributed by atoms with E-state index in [-0.39, 0.29) is 5.82 Å². The van der Waals surface area contributed by atoms with E-state index in [1.807, 2.05) is 0 Å². The van der Waals surface area contributed by atoms with Crippen LogP contribution in [0.25, 0.3) is 0 Å². The van der Waals surface area contributed by atoms with Gasteiger partial charge in [0.2, 0.25) is 0 Å². The van der Waals surface area contributed by atoms with Gasteiger partial charge in [0.15, 0.2) is 0 Å². The predicted octanol–water partition coefficient (Wildman–Crippen LogP) is 2.69. The van der Waals surface area contributed by atoms with E-state index in [0.717, 1.165) is 0 Å². The Bertz CT molecular complexity index is 349. The van der Waals surface area contributed by atoms with Crippen LogP contribution in [0.3, 0.4) is 0 Å². The summed E-state index contributed by atoms with van der Waals surface area (Å²) in [7, 11) is 1.71. The minimum atomic E-state index is -0.872. The summed E-state index contributed by atoms with van der Waals surface area (Å²) < 4.78 is 13.4. The second-order valence-electron chi connectivity index (χ2n) is 4.26. The Balaban J connectivity index is 2.90. The zero-order valence-corrected chi connectivity index (χ0v) is 9.85. The number of aliphatic hydroxyl groups is 1. The lowest BCUT2D eigenvalue weighted by Gasteiger charge is -2.27. The summed E-state index contributed by atoms with van der Waals surface area (Å²) in [4.78, 5) is 1.64. The van der Waals surface area contributed by atoms with Crippen molar-refractivity contribution in [1.29, 1.82) is 0 Å². The molecule has 0 heterocycles. The summed E-state index contributed by atoms with van der Waals surface area (Å²) in [5, 5.41) is 10.1. The molecule has 84 valence electrons. The molecule has 0 aliphatic heterocycles. The standard InChI is InChI=1S/C11H15ClFNO/c1-11(2,15)7-14(3)10-6-8(12)4-5-9(10)13/h4-6,15H,7H2,1-3H3. The molecule has 0 saturated carbocycles. The van der Waals surface area contributed by atoms with Gasteiger partial charge in [-0.1, -0.05) is 11.6 Å². The maximum Gasteiger partial charge on any atom is 0.146 e. The number of anilines is 1. The zero-order valence-electron chi connectivity index (χ0n) is 9.09. The first-order valence-electron chi connectivity index (χ1n) is 4.68. The maximum atomic E-state index is 13.4. The highest BCUT2D eigenvalue weighted by Crippen LogP contribution is 2.23. The predicted molar refractivity (Wildman–Crippen MR) is 61.0 cm³/mol. The van der Waals surface area contributed by atoms with Gasteiger partial charge >= 0.3 is 0 Å². The smallest absolute Gasteiger partial charge is 0.146 e. The van der Waals surface area contributed by atoms with Crippen LogP contribution in [0.15, 0.2) is 18.2 Å². The van der Waals surface area contributed by atoms with Crippen molar-refractivity contribution in [3.63, 3.8) is 0 Å². The molecule has 0 spiro atoms. The summed E-state index contributed by atoms with van der Waals surface area (Å²) in [6.45, 7) is 3.68. The first-order valence-corrected chi connectivity index (χ1v) is 5.06. The van der Waals surface area contributed by atoms with E-state index in [1.165, 1.54) is 12.1 Å². The molecule has 0 radical (unpaired) electrons. The minimum absolute atomic E-state index is 0.338. The Labute approximate surface area is 94.3 Å². The van der Waals surface area contributed by atoms with Gasteiger partial charge in [-0.15, -0.1) is 0 Å². The van der Waals surface area contributed by atoms with Gasteiger partial charge in [-0.25, -0.2) is 4.39 Å². The Kier molecular flexibility index (Phi) is 3.58.